The monoisotopic (exact) mass is 550 g/mol. The first kappa shape index (κ1) is 29.6. The lowest BCUT2D eigenvalue weighted by Gasteiger charge is -2.33. The van der Waals surface area contributed by atoms with Gasteiger partial charge < -0.3 is 24.1 Å². The Morgan fingerprint density at radius 3 is 2.42 bits per heavy atom. The van der Waals surface area contributed by atoms with Gasteiger partial charge in [0.25, 0.3) is 0 Å². The van der Waals surface area contributed by atoms with Gasteiger partial charge in [-0.25, -0.2) is 4.39 Å². The number of hydrogen-bond acceptors (Lipinski definition) is 6. The Hall–Kier alpha value is -3.42. The summed E-state index contributed by atoms with van der Waals surface area (Å²) >= 11 is 0. The molecule has 3 aromatic rings. The second-order valence-corrected chi connectivity index (χ2v) is 11.1. The molecule has 3 aromatic carbocycles. The lowest BCUT2D eigenvalue weighted by atomic mass is 9.80. The summed E-state index contributed by atoms with van der Waals surface area (Å²) in [7, 11) is 4.55. The lowest BCUT2D eigenvalue weighted by molar-refractivity contribution is -0.141. The van der Waals surface area contributed by atoms with Gasteiger partial charge in [-0.1, -0.05) is 38.1 Å². The van der Waals surface area contributed by atoms with Crippen molar-refractivity contribution in [1.29, 1.82) is 0 Å². The molecule has 1 fully saturated rings. The van der Waals surface area contributed by atoms with Crippen molar-refractivity contribution >= 4 is 5.97 Å². The van der Waals surface area contributed by atoms with Gasteiger partial charge in [-0.2, -0.15) is 0 Å². The highest BCUT2D eigenvalue weighted by Crippen LogP contribution is 2.45. The minimum absolute atomic E-state index is 0.114. The number of aliphatic hydroxyl groups is 1. The van der Waals surface area contributed by atoms with E-state index in [0.29, 0.717) is 35.0 Å². The summed E-state index contributed by atoms with van der Waals surface area (Å²) in [5, 5.41) is 10.1. The number of halogens is 1. The van der Waals surface area contributed by atoms with Crippen LogP contribution in [0, 0.1) is 17.2 Å². The van der Waals surface area contributed by atoms with Gasteiger partial charge in [0, 0.05) is 18.1 Å². The first-order valence-electron chi connectivity index (χ1n) is 13.6. The van der Waals surface area contributed by atoms with E-state index < -0.39 is 11.5 Å². The number of carbonyl (C=O) groups excluding carboxylic acids is 1. The summed E-state index contributed by atoms with van der Waals surface area (Å²) in [5.74, 6) is 1.27. The van der Waals surface area contributed by atoms with Crippen LogP contribution in [0.1, 0.15) is 61.8 Å². The van der Waals surface area contributed by atoms with Gasteiger partial charge in [-0.15, -0.1) is 0 Å². The van der Waals surface area contributed by atoms with Gasteiger partial charge >= 0.3 is 5.97 Å². The topological polar surface area (TPSA) is 74.2 Å². The molecule has 0 radical (unpaired) electrons. The Morgan fingerprint density at radius 2 is 1.77 bits per heavy atom. The molecule has 7 heteroatoms. The molecule has 1 aliphatic carbocycles. The van der Waals surface area contributed by atoms with Gasteiger partial charge in [0.1, 0.15) is 23.9 Å². The van der Waals surface area contributed by atoms with Crippen LogP contribution < -0.4 is 9.47 Å². The molecule has 40 heavy (non-hydrogen) atoms. The van der Waals surface area contributed by atoms with Crippen molar-refractivity contribution in [1.82, 2.24) is 0 Å². The number of ether oxygens (including phenoxy) is 4. The molecule has 0 heterocycles. The molecule has 1 aliphatic rings. The summed E-state index contributed by atoms with van der Waals surface area (Å²) in [5.41, 5.74) is 3.10. The first-order chi connectivity index (χ1) is 19.2. The number of carbonyl (C=O) groups is 1. The van der Waals surface area contributed by atoms with Gasteiger partial charge in [-0.05, 0) is 83.3 Å². The maximum Gasteiger partial charge on any atom is 0.306 e. The summed E-state index contributed by atoms with van der Waals surface area (Å²) in [6.45, 7) is 3.98. The van der Waals surface area contributed by atoms with Gasteiger partial charge in [-0.3, -0.25) is 4.79 Å². The molecule has 214 valence electrons. The molecule has 1 saturated carbocycles. The first-order valence-corrected chi connectivity index (χ1v) is 13.6. The van der Waals surface area contributed by atoms with E-state index >= 15 is 4.39 Å². The fourth-order valence-corrected chi connectivity index (χ4v) is 5.27. The molecule has 1 unspecified atom stereocenters. The van der Waals surface area contributed by atoms with Gasteiger partial charge in [0.05, 0.1) is 33.4 Å². The van der Waals surface area contributed by atoms with Gasteiger partial charge in [0.15, 0.2) is 0 Å². The van der Waals surface area contributed by atoms with Crippen LogP contribution in [0.3, 0.4) is 0 Å². The molecule has 0 aromatic heterocycles. The standard InChI is InChI=1S/C33H39FO6/c1-33(2,20-35)32(39-5)29-15-21(9-13-26(29)28-17-24(37-3)12-14-30(28)34)19-40-25-8-6-7-23(16-25)27(22-10-11-22)18-31(36)38-4/h6-9,12-17,22,27,32,35H,10-11,18-20H2,1-5H3/t27-,32?/m1/s1. The van der Waals surface area contributed by atoms with E-state index in [-0.39, 0.29) is 30.9 Å². The predicted molar refractivity (Wildman–Crippen MR) is 152 cm³/mol. The van der Waals surface area contributed by atoms with E-state index in [0.717, 1.165) is 29.5 Å². The summed E-state index contributed by atoms with van der Waals surface area (Å²) < 4.78 is 37.4. The maximum atomic E-state index is 15.1. The van der Waals surface area contributed by atoms with Crippen molar-refractivity contribution in [3.05, 3.63) is 83.2 Å². The Labute approximate surface area is 236 Å². The maximum absolute atomic E-state index is 15.1. The zero-order chi connectivity index (χ0) is 28.9. The second-order valence-electron chi connectivity index (χ2n) is 11.1. The molecule has 0 amide bonds. The molecule has 6 nitrogen and oxygen atoms in total. The molecule has 0 bridgehead atoms. The molecule has 1 N–H and O–H groups in total. The highest BCUT2D eigenvalue weighted by molar-refractivity contribution is 5.71. The predicted octanol–water partition coefficient (Wildman–Crippen LogP) is 6.84. The van der Waals surface area contributed by atoms with Crippen LogP contribution in [0.5, 0.6) is 11.5 Å². The number of methoxy groups -OCH3 is 3. The van der Waals surface area contributed by atoms with Crippen LogP contribution >= 0.6 is 0 Å². The van der Waals surface area contributed by atoms with Crippen molar-refractivity contribution in [2.45, 2.75) is 51.7 Å². The van der Waals surface area contributed by atoms with Crippen LogP contribution in [-0.2, 0) is 20.9 Å². The number of rotatable bonds is 13. The van der Waals surface area contributed by atoms with Crippen LogP contribution in [0.25, 0.3) is 11.1 Å². The molecule has 0 aliphatic heterocycles. The molecule has 2 atom stereocenters. The SMILES string of the molecule is COC(=O)C[C@@H](c1cccc(OCc2ccc(-c3cc(OC)ccc3F)c(C(OC)C(C)(C)CO)c2)c1)C1CC1. The number of hydrogen-bond donors (Lipinski definition) is 1. The van der Waals surface area contributed by atoms with E-state index in [4.69, 9.17) is 18.9 Å². The van der Waals surface area contributed by atoms with E-state index in [2.05, 4.69) is 0 Å². The minimum Gasteiger partial charge on any atom is -0.497 e. The van der Waals surface area contributed by atoms with Crippen molar-refractivity contribution in [3.63, 3.8) is 0 Å². The van der Waals surface area contributed by atoms with Crippen LogP contribution in [0.4, 0.5) is 4.39 Å². The fraction of sp³-hybridized carbons (Fsp3) is 0.424. The zero-order valence-corrected chi connectivity index (χ0v) is 23.9. The quantitative estimate of drug-likeness (QED) is 0.235. The van der Waals surface area contributed by atoms with Crippen LogP contribution in [0.15, 0.2) is 60.7 Å². The Morgan fingerprint density at radius 1 is 1.00 bits per heavy atom. The Bertz CT molecular complexity index is 1320. The third-order valence-corrected chi connectivity index (χ3v) is 7.71. The van der Waals surface area contributed by atoms with Crippen molar-refractivity contribution in [2.75, 3.05) is 27.9 Å². The van der Waals surface area contributed by atoms with Gasteiger partial charge in [0.2, 0.25) is 0 Å². The molecule has 0 saturated heterocycles. The van der Waals surface area contributed by atoms with E-state index in [1.54, 1.807) is 26.4 Å². The second kappa shape index (κ2) is 12.8. The third-order valence-electron chi connectivity index (χ3n) is 7.71. The van der Waals surface area contributed by atoms with Crippen molar-refractivity contribution in [3.8, 4) is 22.6 Å². The average molecular weight is 551 g/mol. The van der Waals surface area contributed by atoms with Crippen LogP contribution in [-0.4, -0.2) is 39.0 Å². The third kappa shape index (κ3) is 6.83. The minimum atomic E-state index is -0.635. The Balaban J connectivity index is 1.64. The molecular weight excluding hydrogens is 511 g/mol. The number of esters is 1. The summed E-state index contributed by atoms with van der Waals surface area (Å²) in [6, 6.07) is 18.2. The lowest BCUT2D eigenvalue weighted by Crippen LogP contribution is -2.28. The van der Waals surface area contributed by atoms with Crippen molar-refractivity contribution < 1.29 is 33.2 Å². The van der Waals surface area contributed by atoms with E-state index in [1.807, 2.05) is 56.3 Å². The largest absolute Gasteiger partial charge is 0.497 e. The smallest absolute Gasteiger partial charge is 0.306 e. The molecular formula is C33H39FO6. The van der Waals surface area contributed by atoms with E-state index in [9.17, 15) is 9.90 Å². The summed E-state index contributed by atoms with van der Waals surface area (Å²) in [6.07, 6.45) is 2.07. The zero-order valence-electron chi connectivity index (χ0n) is 23.9. The highest BCUT2D eigenvalue weighted by atomic mass is 19.1. The Kier molecular flexibility index (Phi) is 9.48. The average Bonchev–Trinajstić information content (AvgIpc) is 3.81. The van der Waals surface area contributed by atoms with Crippen LogP contribution in [0.2, 0.25) is 0 Å². The number of aliphatic hydroxyl groups excluding tert-OH is 1. The molecule has 0 spiro atoms. The highest BCUT2D eigenvalue weighted by Gasteiger charge is 2.35. The fourth-order valence-electron chi connectivity index (χ4n) is 5.27. The number of benzene rings is 3. The normalized spacial score (nSPS) is 14.9. The molecule has 4 rings (SSSR count). The summed E-state index contributed by atoms with van der Waals surface area (Å²) in [4.78, 5) is 12.0. The van der Waals surface area contributed by atoms with Crippen molar-refractivity contribution in [2.24, 2.45) is 11.3 Å². The van der Waals surface area contributed by atoms with E-state index in [1.165, 1.54) is 13.2 Å².